The highest BCUT2D eigenvalue weighted by molar-refractivity contribution is 7.71. The van der Waals surface area contributed by atoms with Crippen LogP contribution >= 0.6 is 12.2 Å². The molecule has 0 aliphatic heterocycles. The van der Waals surface area contributed by atoms with Crippen molar-refractivity contribution < 1.29 is 9.53 Å². The monoisotopic (exact) mass is 278 g/mol. The van der Waals surface area contributed by atoms with Crippen molar-refractivity contribution in [3.8, 4) is 0 Å². The number of aromatic nitrogens is 2. The van der Waals surface area contributed by atoms with E-state index in [2.05, 4.69) is 24.0 Å². The first kappa shape index (κ1) is 13.8. The largest absolute Gasteiger partial charge is 0.466 e. The van der Waals surface area contributed by atoms with E-state index in [4.69, 9.17) is 17.0 Å². The number of benzene rings is 1. The first-order valence-electron chi connectivity index (χ1n) is 6.46. The zero-order valence-electron chi connectivity index (χ0n) is 11.2. The number of esters is 1. The summed E-state index contributed by atoms with van der Waals surface area (Å²) < 4.78 is 7.65. The number of hydrogen-bond donors (Lipinski definition) is 1. The van der Waals surface area contributed by atoms with Crippen LogP contribution in [0.1, 0.15) is 25.3 Å². The lowest BCUT2D eigenvalue weighted by molar-refractivity contribution is -0.143. The molecule has 102 valence electrons. The van der Waals surface area contributed by atoms with Gasteiger partial charge in [-0.15, -0.1) is 0 Å². The molecule has 2 rings (SSSR count). The Kier molecular flexibility index (Phi) is 4.37. The predicted octanol–water partition coefficient (Wildman–Crippen LogP) is 3.35. The van der Waals surface area contributed by atoms with E-state index in [1.807, 2.05) is 17.6 Å². The molecule has 2 aromatic rings. The number of H-pyrrole nitrogens is 1. The van der Waals surface area contributed by atoms with Gasteiger partial charge in [0.2, 0.25) is 0 Å². The summed E-state index contributed by atoms with van der Waals surface area (Å²) in [5.74, 6) is -0.148. The number of imidazole rings is 1. The molecule has 19 heavy (non-hydrogen) atoms. The molecule has 0 amide bonds. The lowest BCUT2D eigenvalue weighted by Gasteiger charge is -2.05. The first-order valence-corrected chi connectivity index (χ1v) is 6.87. The topological polar surface area (TPSA) is 47.0 Å². The summed E-state index contributed by atoms with van der Waals surface area (Å²) in [4.78, 5) is 14.5. The normalized spacial score (nSPS) is 10.8. The lowest BCUT2D eigenvalue weighted by atomic mass is 10.2. The molecule has 0 fully saturated rings. The molecule has 1 aromatic heterocycles. The minimum atomic E-state index is -0.148. The number of carbonyl (C=O) groups excluding carboxylic acids is 1. The Morgan fingerprint density at radius 2 is 2.26 bits per heavy atom. The summed E-state index contributed by atoms with van der Waals surface area (Å²) in [6.45, 7) is 5.03. The maximum Gasteiger partial charge on any atom is 0.305 e. The van der Waals surface area contributed by atoms with Gasteiger partial charge in [-0.1, -0.05) is 6.07 Å². The molecule has 0 saturated heterocycles. The number of nitrogens with one attached hydrogen (secondary N) is 1. The fraction of sp³-hybridized carbons (Fsp3) is 0.429. The summed E-state index contributed by atoms with van der Waals surface area (Å²) in [7, 11) is 0. The highest BCUT2D eigenvalue weighted by Gasteiger charge is 2.06. The molecule has 0 aliphatic carbocycles. The second kappa shape index (κ2) is 6.02. The van der Waals surface area contributed by atoms with Crippen LogP contribution in [0.3, 0.4) is 0 Å². The Labute approximate surface area is 117 Å². The summed E-state index contributed by atoms with van der Waals surface area (Å²) >= 11 is 5.32. The van der Waals surface area contributed by atoms with Crippen LogP contribution in [-0.2, 0) is 16.1 Å². The number of aromatic amines is 1. The molecule has 5 heteroatoms. The number of carbonyl (C=O) groups is 1. The molecule has 0 bridgehead atoms. The van der Waals surface area contributed by atoms with Gasteiger partial charge in [-0.3, -0.25) is 4.79 Å². The summed E-state index contributed by atoms with van der Waals surface area (Å²) in [5, 5.41) is 0. The van der Waals surface area contributed by atoms with Crippen molar-refractivity contribution in [1.29, 1.82) is 0 Å². The molecule has 1 heterocycles. The fourth-order valence-electron chi connectivity index (χ4n) is 2.10. The van der Waals surface area contributed by atoms with Crippen LogP contribution in [0.15, 0.2) is 18.2 Å². The Bertz CT molecular complexity index is 642. The smallest absolute Gasteiger partial charge is 0.305 e. The number of fused-ring (bicyclic) bond motifs is 1. The third kappa shape index (κ3) is 3.23. The van der Waals surface area contributed by atoms with E-state index in [-0.39, 0.29) is 5.97 Å². The van der Waals surface area contributed by atoms with Gasteiger partial charge in [0.1, 0.15) is 0 Å². The van der Waals surface area contributed by atoms with Crippen LogP contribution in [0.4, 0.5) is 0 Å². The highest BCUT2D eigenvalue weighted by atomic mass is 32.1. The van der Waals surface area contributed by atoms with Gasteiger partial charge in [-0.2, -0.15) is 0 Å². The van der Waals surface area contributed by atoms with Gasteiger partial charge < -0.3 is 14.3 Å². The average Bonchev–Trinajstić information content (AvgIpc) is 2.66. The number of nitrogens with zero attached hydrogens (tertiary/aromatic N) is 1. The standard InChI is InChI=1S/C14H18N2O2S/c1-3-18-13(17)5-4-8-16-12-9-10(2)6-7-11(12)15-14(16)19/h6-7,9H,3-5,8H2,1-2H3,(H,15,19). The van der Waals surface area contributed by atoms with Gasteiger partial charge in [0.05, 0.1) is 17.6 Å². The number of rotatable bonds is 5. The second-order valence-electron chi connectivity index (χ2n) is 4.51. The molecule has 0 spiro atoms. The van der Waals surface area contributed by atoms with Gasteiger partial charge in [0, 0.05) is 13.0 Å². The van der Waals surface area contributed by atoms with Crippen molar-refractivity contribution in [2.45, 2.75) is 33.2 Å². The zero-order chi connectivity index (χ0) is 13.8. The van der Waals surface area contributed by atoms with Gasteiger partial charge in [-0.25, -0.2) is 0 Å². The molecule has 0 atom stereocenters. The minimum absolute atomic E-state index is 0.148. The predicted molar refractivity (Wildman–Crippen MR) is 77.7 cm³/mol. The van der Waals surface area contributed by atoms with E-state index in [9.17, 15) is 4.79 Å². The van der Waals surface area contributed by atoms with E-state index in [1.165, 1.54) is 5.56 Å². The van der Waals surface area contributed by atoms with Crippen LogP contribution < -0.4 is 0 Å². The average molecular weight is 278 g/mol. The van der Waals surface area contributed by atoms with Crippen molar-refractivity contribution in [2.24, 2.45) is 0 Å². The quantitative estimate of drug-likeness (QED) is 0.674. The fourth-order valence-corrected chi connectivity index (χ4v) is 2.40. The Morgan fingerprint density at radius 1 is 1.47 bits per heavy atom. The SMILES string of the molecule is CCOC(=O)CCCn1c(=S)[nH]c2ccc(C)cc21. The maximum absolute atomic E-state index is 11.3. The van der Waals surface area contributed by atoms with E-state index < -0.39 is 0 Å². The van der Waals surface area contributed by atoms with Crippen LogP contribution in [0, 0.1) is 11.7 Å². The van der Waals surface area contributed by atoms with E-state index in [0.717, 1.165) is 24.0 Å². The van der Waals surface area contributed by atoms with Crippen molar-refractivity contribution in [3.05, 3.63) is 28.5 Å². The highest BCUT2D eigenvalue weighted by Crippen LogP contribution is 2.16. The Morgan fingerprint density at radius 3 is 3.00 bits per heavy atom. The molecule has 0 radical (unpaired) electrons. The van der Waals surface area contributed by atoms with Gasteiger partial charge in [0.15, 0.2) is 4.77 Å². The van der Waals surface area contributed by atoms with Crippen LogP contribution in [0.5, 0.6) is 0 Å². The number of hydrogen-bond acceptors (Lipinski definition) is 3. The van der Waals surface area contributed by atoms with E-state index >= 15 is 0 Å². The summed E-state index contributed by atoms with van der Waals surface area (Å²) in [5.41, 5.74) is 3.32. The molecule has 1 N–H and O–H groups in total. The summed E-state index contributed by atoms with van der Waals surface area (Å²) in [6, 6.07) is 6.19. The van der Waals surface area contributed by atoms with Crippen LogP contribution in [-0.4, -0.2) is 22.1 Å². The molecule has 1 aromatic carbocycles. The molecule has 0 saturated carbocycles. The van der Waals surface area contributed by atoms with Gasteiger partial charge in [0.25, 0.3) is 0 Å². The van der Waals surface area contributed by atoms with Crippen LogP contribution in [0.2, 0.25) is 0 Å². The maximum atomic E-state index is 11.3. The third-order valence-corrected chi connectivity index (χ3v) is 3.32. The minimum Gasteiger partial charge on any atom is -0.466 e. The molecule has 4 nitrogen and oxygen atoms in total. The third-order valence-electron chi connectivity index (χ3n) is 3.00. The second-order valence-corrected chi connectivity index (χ2v) is 4.90. The molecule has 0 unspecified atom stereocenters. The first-order chi connectivity index (χ1) is 9.11. The molecular formula is C14H18N2O2S. The molecule has 0 aliphatic rings. The molecular weight excluding hydrogens is 260 g/mol. The number of ether oxygens (including phenoxy) is 1. The van der Waals surface area contributed by atoms with Crippen molar-refractivity contribution in [1.82, 2.24) is 9.55 Å². The summed E-state index contributed by atoms with van der Waals surface area (Å²) in [6.07, 6.45) is 1.15. The Balaban J connectivity index is 2.12. The lowest BCUT2D eigenvalue weighted by Crippen LogP contribution is -2.06. The van der Waals surface area contributed by atoms with E-state index in [1.54, 1.807) is 0 Å². The Hall–Kier alpha value is -1.62. The van der Waals surface area contributed by atoms with Gasteiger partial charge in [-0.05, 0) is 50.2 Å². The van der Waals surface area contributed by atoms with Gasteiger partial charge >= 0.3 is 5.97 Å². The van der Waals surface area contributed by atoms with Crippen LogP contribution in [0.25, 0.3) is 11.0 Å². The van der Waals surface area contributed by atoms with Crippen molar-refractivity contribution in [3.63, 3.8) is 0 Å². The van der Waals surface area contributed by atoms with Crippen molar-refractivity contribution >= 4 is 29.2 Å². The number of aryl methyl sites for hydroxylation is 2. The zero-order valence-corrected chi connectivity index (χ0v) is 12.0. The van der Waals surface area contributed by atoms with Crippen molar-refractivity contribution in [2.75, 3.05) is 6.61 Å². The van der Waals surface area contributed by atoms with E-state index in [0.29, 0.717) is 17.8 Å².